The van der Waals surface area contributed by atoms with Crippen molar-refractivity contribution < 1.29 is 0 Å². The summed E-state index contributed by atoms with van der Waals surface area (Å²) < 4.78 is 2.70. The lowest BCUT2D eigenvalue weighted by atomic mass is 9.88. The highest BCUT2D eigenvalue weighted by Gasteiger charge is 2.36. The summed E-state index contributed by atoms with van der Waals surface area (Å²) in [5, 5.41) is 2.69. The van der Waals surface area contributed by atoms with Crippen molar-refractivity contribution in [3.63, 3.8) is 0 Å². The van der Waals surface area contributed by atoms with Crippen LogP contribution in [0.2, 0.25) is 0 Å². The zero-order valence-corrected chi connectivity index (χ0v) is 21.7. The Balaban J connectivity index is 1.31. The van der Waals surface area contributed by atoms with Crippen LogP contribution < -0.4 is 4.90 Å². The third kappa shape index (κ3) is 3.38. The lowest BCUT2D eigenvalue weighted by molar-refractivity contribution is 0.832. The van der Waals surface area contributed by atoms with Crippen LogP contribution in [0.3, 0.4) is 0 Å². The van der Waals surface area contributed by atoms with Crippen LogP contribution in [0.5, 0.6) is 0 Å². The van der Waals surface area contributed by atoms with Gasteiger partial charge in [0, 0.05) is 37.1 Å². The Kier molecular flexibility index (Phi) is 4.89. The normalized spacial score (nSPS) is 16.3. The Hall–Kier alpha value is -4.40. The summed E-state index contributed by atoms with van der Waals surface area (Å²) in [7, 11) is 0. The van der Waals surface area contributed by atoms with E-state index in [1.165, 1.54) is 64.9 Å². The Morgan fingerprint density at radius 1 is 0.605 bits per heavy atom. The lowest BCUT2D eigenvalue weighted by Gasteiger charge is -2.29. The fraction of sp³-hybridized carbons (Fsp3) is 0.0556. The van der Waals surface area contributed by atoms with Gasteiger partial charge in [-0.15, -0.1) is 11.3 Å². The lowest BCUT2D eigenvalue weighted by Crippen LogP contribution is -2.27. The first-order valence-corrected chi connectivity index (χ1v) is 14.0. The first-order valence-electron chi connectivity index (χ1n) is 13.2. The van der Waals surface area contributed by atoms with Crippen molar-refractivity contribution in [2.45, 2.75) is 12.5 Å². The molecular weight excluding hydrogens is 478 g/mol. The number of nitrogens with zero attached hydrogens (tertiary/aromatic N) is 1. The zero-order chi connectivity index (χ0) is 25.1. The second-order valence-electron chi connectivity index (χ2n) is 10.1. The molecule has 0 bridgehead atoms. The van der Waals surface area contributed by atoms with Crippen LogP contribution >= 0.6 is 11.3 Å². The van der Waals surface area contributed by atoms with Gasteiger partial charge in [0.1, 0.15) is 0 Å². The van der Waals surface area contributed by atoms with Crippen LogP contribution in [-0.2, 0) is 0 Å². The monoisotopic (exact) mass is 503 g/mol. The summed E-state index contributed by atoms with van der Waals surface area (Å²) in [5.41, 5.74) is 10.4. The molecule has 0 saturated heterocycles. The molecule has 180 valence electrons. The van der Waals surface area contributed by atoms with Gasteiger partial charge in [-0.3, -0.25) is 0 Å². The molecule has 1 aliphatic heterocycles. The predicted octanol–water partition coefficient (Wildman–Crippen LogP) is 10.1. The maximum absolute atomic E-state index is 2.57. The SMILES string of the molecule is C1=C(c2ccccc2)C=C2c3cc(-c4ccccc4)ccc3N(c3ccc4sc5ccccc5c4c3)C2C1. The Morgan fingerprint density at radius 3 is 2.18 bits per heavy atom. The Morgan fingerprint density at radius 2 is 1.34 bits per heavy atom. The summed E-state index contributed by atoms with van der Waals surface area (Å²) in [6, 6.07) is 44.6. The molecule has 6 aromatic rings. The van der Waals surface area contributed by atoms with Gasteiger partial charge in [0.15, 0.2) is 0 Å². The third-order valence-electron chi connectivity index (χ3n) is 7.96. The van der Waals surface area contributed by atoms with Crippen molar-refractivity contribution in [3.05, 3.63) is 145 Å². The van der Waals surface area contributed by atoms with E-state index in [4.69, 9.17) is 0 Å². The van der Waals surface area contributed by atoms with Crippen LogP contribution in [0.25, 0.3) is 42.4 Å². The molecule has 1 unspecified atom stereocenters. The van der Waals surface area contributed by atoms with E-state index in [1.807, 2.05) is 11.3 Å². The highest BCUT2D eigenvalue weighted by atomic mass is 32.1. The smallest absolute Gasteiger partial charge is 0.0633 e. The van der Waals surface area contributed by atoms with Crippen molar-refractivity contribution in [1.29, 1.82) is 0 Å². The van der Waals surface area contributed by atoms with E-state index in [-0.39, 0.29) is 6.04 Å². The number of fused-ring (bicyclic) bond motifs is 6. The molecule has 2 aliphatic rings. The molecule has 38 heavy (non-hydrogen) atoms. The van der Waals surface area contributed by atoms with Gasteiger partial charge in [-0.1, -0.05) is 91.0 Å². The van der Waals surface area contributed by atoms with Crippen molar-refractivity contribution in [1.82, 2.24) is 0 Å². The molecule has 0 radical (unpaired) electrons. The fourth-order valence-electron chi connectivity index (χ4n) is 6.16. The highest BCUT2D eigenvalue weighted by molar-refractivity contribution is 7.25. The van der Waals surface area contributed by atoms with Crippen molar-refractivity contribution in [3.8, 4) is 11.1 Å². The van der Waals surface area contributed by atoms with Gasteiger partial charge in [-0.25, -0.2) is 0 Å². The quantitative estimate of drug-likeness (QED) is 0.232. The van der Waals surface area contributed by atoms with E-state index in [0.29, 0.717) is 0 Å². The van der Waals surface area contributed by atoms with Crippen LogP contribution in [0.4, 0.5) is 11.4 Å². The number of thiophene rings is 1. The molecular formula is C36H25NS. The second kappa shape index (κ2) is 8.58. The average molecular weight is 504 g/mol. The van der Waals surface area contributed by atoms with Gasteiger partial charge >= 0.3 is 0 Å². The van der Waals surface area contributed by atoms with Gasteiger partial charge in [-0.2, -0.15) is 0 Å². The molecule has 2 heterocycles. The molecule has 8 rings (SSSR count). The van der Waals surface area contributed by atoms with E-state index in [2.05, 4.69) is 138 Å². The standard InChI is InChI=1S/C36H25NS/c1-3-9-24(10-4-1)26-15-18-33-30(21-26)31-22-27(25-11-5-2-6-12-25)16-19-34(31)37(33)28-17-20-36-32(23-28)29-13-7-8-14-35(29)38-36/h1-18,20-23,34H,19H2. The molecule has 5 aromatic carbocycles. The van der Waals surface area contributed by atoms with E-state index >= 15 is 0 Å². The average Bonchev–Trinajstić information content (AvgIpc) is 3.52. The molecule has 1 aromatic heterocycles. The van der Waals surface area contributed by atoms with Crippen molar-refractivity contribution in [2.75, 3.05) is 4.90 Å². The van der Waals surface area contributed by atoms with Crippen LogP contribution in [0, 0.1) is 0 Å². The summed E-state index contributed by atoms with van der Waals surface area (Å²) in [5.74, 6) is 0. The fourth-order valence-corrected chi connectivity index (χ4v) is 7.25. The number of rotatable bonds is 3. The molecule has 0 fully saturated rings. The van der Waals surface area contributed by atoms with Crippen molar-refractivity contribution in [2.24, 2.45) is 0 Å². The molecule has 1 aliphatic carbocycles. The maximum Gasteiger partial charge on any atom is 0.0633 e. The maximum atomic E-state index is 2.57. The minimum Gasteiger partial charge on any atom is -0.333 e. The summed E-state index contributed by atoms with van der Waals surface area (Å²) in [6.45, 7) is 0. The van der Waals surface area contributed by atoms with Gasteiger partial charge < -0.3 is 4.90 Å². The first-order chi connectivity index (χ1) is 18.8. The minimum absolute atomic E-state index is 0.283. The number of allylic oxidation sites excluding steroid dienone is 2. The van der Waals surface area contributed by atoms with E-state index in [0.717, 1.165) is 6.42 Å². The van der Waals surface area contributed by atoms with E-state index < -0.39 is 0 Å². The molecule has 2 heteroatoms. The highest BCUT2D eigenvalue weighted by Crippen LogP contribution is 2.51. The van der Waals surface area contributed by atoms with Gasteiger partial charge in [0.2, 0.25) is 0 Å². The molecule has 0 spiro atoms. The summed E-state index contributed by atoms with van der Waals surface area (Å²) in [6.07, 6.45) is 5.82. The molecule has 0 N–H and O–H groups in total. The number of anilines is 2. The van der Waals surface area contributed by atoms with Gasteiger partial charge in [0.25, 0.3) is 0 Å². The van der Waals surface area contributed by atoms with Gasteiger partial charge in [0.05, 0.1) is 6.04 Å². The van der Waals surface area contributed by atoms with E-state index in [1.54, 1.807) is 0 Å². The topological polar surface area (TPSA) is 3.24 Å². The second-order valence-corrected chi connectivity index (χ2v) is 11.2. The molecule has 0 saturated carbocycles. The Bertz CT molecular complexity index is 1890. The molecule has 0 amide bonds. The van der Waals surface area contributed by atoms with Crippen molar-refractivity contribution >= 4 is 54.0 Å². The Labute approximate surface area is 226 Å². The third-order valence-corrected chi connectivity index (χ3v) is 9.11. The first kappa shape index (κ1) is 21.7. The number of hydrogen-bond acceptors (Lipinski definition) is 2. The largest absolute Gasteiger partial charge is 0.333 e. The number of benzene rings is 5. The zero-order valence-electron chi connectivity index (χ0n) is 20.8. The van der Waals surface area contributed by atoms with Gasteiger partial charge in [-0.05, 0) is 76.7 Å². The summed E-state index contributed by atoms with van der Waals surface area (Å²) in [4.78, 5) is 2.57. The van der Waals surface area contributed by atoms with Crippen LogP contribution in [-0.4, -0.2) is 6.04 Å². The minimum atomic E-state index is 0.283. The van der Waals surface area contributed by atoms with Crippen LogP contribution in [0.15, 0.2) is 133 Å². The molecule has 1 atom stereocenters. The summed E-state index contributed by atoms with van der Waals surface area (Å²) >= 11 is 1.88. The van der Waals surface area contributed by atoms with Crippen LogP contribution in [0.1, 0.15) is 17.5 Å². The predicted molar refractivity (Wildman–Crippen MR) is 164 cm³/mol. The number of hydrogen-bond donors (Lipinski definition) is 0. The van der Waals surface area contributed by atoms with E-state index in [9.17, 15) is 0 Å². The molecule has 1 nitrogen and oxygen atoms in total.